The van der Waals surface area contributed by atoms with Gasteiger partial charge < -0.3 is 20.4 Å². The molecule has 0 fully saturated rings. The monoisotopic (exact) mass is 353 g/mol. The molecule has 0 saturated heterocycles. The molecule has 0 saturated carbocycles. The van der Waals surface area contributed by atoms with Crippen molar-refractivity contribution in [3.05, 3.63) is 52.4 Å². The average Bonchev–Trinajstić information content (AvgIpc) is 3.15. The number of hydrogen-bond acceptors (Lipinski definition) is 3. The number of imidazole rings is 1. The predicted octanol–water partition coefficient (Wildman–Crippen LogP) is 2.54. The molecule has 1 aromatic heterocycles. The van der Waals surface area contributed by atoms with Crippen molar-refractivity contribution in [1.29, 1.82) is 0 Å². The summed E-state index contributed by atoms with van der Waals surface area (Å²) in [6.45, 7) is 0.501. The van der Waals surface area contributed by atoms with Crippen LogP contribution in [0.3, 0.4) is 0 Å². The molecule has 132 valence electrons. The van der Waals surface area contributed by atoms with Gasteiger partial charge in [-0.2, -0.15) is 0 Å². The van der Waals surface area contributed by atoms with Crippen LogP contribution in [0.5, 0.6) is 0 Å². The number of benzene rings is 2. The Labute approximate surface area is 146 Å². The van der Waals surface area contributed by atoms with Gasteiger partial charge in [0.2, 0.25) is 0 Å². The van der Waals surface area contributed by atoms with Gasteiger partial charge in [0.15, 0.2) is 0 Å². The number of amides is 3. The third-order valence-corrected chi connectivity index (χ3v) is 4.24. The number of urea groups is 1. The number of H-pyrrole nitrogens is 2. The van der Waals surface area contributed by atoms with E-state index in [1.807, 2.05) is 0 Å². The van der Waals surface area contributed by atoms with Crippen molar-refractivity contribution in [3.8, 4) is 0 Å². The predicted molar refractivity (Wildman–Crippen MR) is 97.1 cm³/mol. The second-order valence-corrected chi connectivity index (χ2v) is 5.94. The van der Waals surface area contributed by atoms with Gasteiger partial charge in [-0.05, 0) is 48.4 Å². The molecule has 9 nitrogen and oxygen atoms in total. The number of carboxylic acid groups (broad SMARTS) is 1. The lowest BCUT2D eigenvalue weighted by Gasteiger charge is -2.18. The third kappa shape index (κ3) is 2.86. The highest BCUT2D eigenvalue weighted by Gasteiger charge is 2.25. The van der Waals surface area contributed by atoms with E-state index in [0.717, 1.165) is 11.3 Å². The molecule has 0 spiro atoms. The lowest BCUT2D eigenvalue weighted by molar-refractivity contribution is 0.209. The smallest absolute Gasteiger partial charge is 0.409 e. The summed E-state index contributed by atoms with van der Waals surface area (Å²) in [5.41, 5.74) is 3.65. The number of carbonyl (C=O) groups excluding carboxylic acids is 1. The molecule has 2 aromatic carbocycles. The standard InChI is InChI=1S/C17H15N5O4/c23-15-20-12-3-1-11(8-13(12)21-15)18-16(24)22-6-5-9-7-10(19-17(25)26)2-4-14(9)22/h1-4,7-8,19H,5-6H2,(H,18,24)(H,25,26)(H2,20,21,23). The molecule has 3 amide bonds. The van der Waals surface area contributed by atoms with Crippen molar-refractivity contribution in [2.75, 3.05) is 22.1 Å². The van der Waals surface area contributed by atoms with E-state index < -0.39 is 6.09 Å². The maximum Gasteiger partial charge on any atom is 0.409 e. The molecule has 4 rings (SSSR count). The molecule has 0 atom stereocenters. The molecule has 3 aromatic rings. The summed E-state index contributed by atoms with van der Waals surface area (Å²) >= 11 is 0. The van der Waals surface area contributed by atoms with Gasteiger partial charge in [-0.15, -0.1) is 0 Å². The van der Waals surface area contributed by atoms with Crippen LogP contribution in [0.1, 0.15) is 5.56 Å². The van der Waals surface area contributed by atoms with Crippen LogP contribution in [-0.4, -0.2) is 33.7 Å². The number of aromatic amines is 2. The van der Waals surface area contributed by atoms with Crippen LogP contribution < -0.4 is 21.2 Å². The maximum absolute atomic E-state index is 12.6. The molecular formula is C17H15N5O4. The number of nitrogens with zero attached hydrogens (tertiary/aromatic N) is 1. The first-order valence-corrected chi connectivity index (χ1v) is 7.93. The quantitative estimate of drug-likeness (QED) is 0.484. The maximum atomic E-state index is 12.6. The molecule has 1 aliphatic heterocycles. The van der Waals surface area contributed by atoms with Crippen LogP contribution in [0, 0.1) is 0 Å². The Hall–Kier alpha value is -3.75. The first kappa shape index (κ1) is 15.8. The molecule has 9 heteroatoms. The van der Waals surface area contributed by atoms with Crippen LogP contribution in [0.2, 0.25) is 0 Å². The fraction of sp³-hybridized carbons (Fsp3) is 0.118. The van der Waals surface area contributed by atoms with Gasteiger partial charge >= 0.3 is 17.8 Å². The van der Waals surface area contributed by atoms with Gasteiger partial charge in [-0.1, -0.05) is 0 Å². The van der Waals surface area contributed by atoms with Crippen molar-refractivity contribution >= 4 is 40.2 Å². The third-order valence-electron chi connectivity index (χ3n) is 4.24. The molecule has 1 aliphatic rings. The summed E-state index contributed by atoms with van der Waals surface area (Å²) in [5, 5.41) is 13.9. The molecule has 5 N–H and O–H groups in total. The van der Waals surface area contributed by atoms with Crippen LogP contribution in [0.25, 0.3) is 11.0 Å². The van der Waals surface area contributed by atoms with Crippen LogP contribution in [-0.2, 0) is 6.42 Å². The second-order valence-electron chi connectivity index (χ2n) is 5.94. The van der Waals surface area contributed by atoms with E-state index in [0.29, 0.717) is 35.4 Å². The van der Waals surface area contributed by atoms with Crippen LogP contribution >= 0.6 is 0 Å². The minimum atomic E-state index is -1.13. The van der Waals surface area contributed by atoms with Crippen molar-refractivity contribution in [1.82, 2.24) is 9.97 Å². The van der Waals surface area contributed by atoms with E-state index in [2.05, 4.69) is 20.6 Å². The zero-order valence-corrected chi connectivity index (χ0v) is 13.5. The molecule has 0 bridgehead atoms. The summed E-state index contributed by atoms with van der Waals surface area (Å²) in [5.74, 6) is 0. The number of carbonyl (C=O) groups is 2. The Balaban J connectivity index is 1.54. The number of aromatic nitrogens is 2. The van der Waals surface area contributed by atoms with Gasteiger partial charge in [0.25, 0.3) is 0 Å². The fourth-order valence-corrected chi connectivity index (χ4v) is 3.12. The summed E-state index contributed by atoms with van der Waals surface area (Å²) < 4.78 is 0. The lowest BCUT2D eigenvalue weighted by Crippen LogP contribution is -2.33. The van der Waals surface area contributed by atoms with Crippen molar-refractivity contribution in [2.24, 2.45) is 0 Å². The Kier molecular flexibility index (Phi) is 3.61. The Morgan fingerprint density at radius 1 is 1.00 bits per heavy atom. The Bertz CT molecular complexity index is 1080. The normalized spacial score (nSPS) is 12.8. The van der Waals surface area contributed by atoms with Crippen LogP contribution in [0.4, 0.5) is 26.7 Å². The topological polar surface area (TPSA) is 130 Å². The minimum absolute atomic E-state index is 0.292. The summed E-state index contributed by atoms with van der Waals surface area (Å²) in [6.07, 6.45) is -0.488. The highest BCUT2D eigenvalue weighted by atomic mass is 16.4. The first-order valence-electron chi connectivity index (χ1n) is 7.93. The highest BCUT2D eigenvalue weighted by molar-refractivity contribution is 6.04. The van der Waals surface area contributed by atoms with E-state index in [1.165, 1.54) is 0 Å². The van der Waals surface area contributed by atoms with E-state index in [-0.39, 0.29) is 11.7 Å². The van der Waals surface area contributed by atoms with E-state index in [4.69, 9.17) is 5.11 Å². The number of nitrogens with one attached hydrogen (secondary N) is 4. The SMILES string of the molecule is O=C(O)Nc1ccc2c(c1)CCN2C(=O)Nc1ccc2[nH]c(=O)[nH]c2c1. The summed E-state index contributed by atoms with van der Waals surface area (Å²) in [7, 11) is 0. The van der Waals surface area contributed by atoms with Crippen molar-refractivity contribution in [2.45, 2.75) is 6.42 Å². The fourth-order valence-electron chi connectivity index (χ4n) is 3.12. The van der Waals surface area contributed by atoms with E-state index in [9.17, 15) is 14.4 Å². The first-order chi connectivity index (χ1) is 12.5. The largest absolute Gasteiger partial charge is 0.465 e. The Morgan fingerprint density at radius 2 is 1.73 bits per heavy atom. The molecule has 26 heavy (non-hydrogen) atoms. The average molecular weight is 353 g/mol. The van der Waals surface area contributed by atoms with Crippen LogP contribution in [0.15, 0.2) is 41.2 Å². The van der Waals surface area contributed by atoms with Crippen molar-refractivity contribution < 1.29 is 14.7 Å². The molecule has 0 radical (unpaired) electrons. The van der Waals surface area contributed by atoms with E-state index in [1.54, 1.807) is 41.3 Å². The van der Waals surface area contributed by atoms with Gasteiger partial charge in [0, 0.05) is 23.6 Å². The number of rotatable bonds is 2. The molecule has 2 heterocycles. The van der Waals surface area contributed by atoms with Gasteiger partial charge in [-0.3, -0.25) is 10.2 Å². The number of fused-ring (bicyclic) bond motifs is 2. The van der Waals surface area contributed by atoms with Gasteiger partial charge in [0.1, 0.15) is 0 Å². The zero-order valence-electron chi connectivity index (χ0n) is 13.5. The summed E-state index contributed by atoms with van der Waals surface area (Å²) in [4.78, 5) is 41.5. The zero-order chi connectivity index (χ0) is 18.3. The molecule has 0 unspecified atom stereocenters. The molecular weight excluding hydrogens is 338 g/mol. The molecule has 0 aliphatic carbocycles. The second kappa shape index (κ2) is 5.96. The highest BCUT2D eigenvalue weighted by Crippen LogP contribution is 2.31. The van der Waals surface area contributed by atoms with Gasteiger partial charge in [0.05, 0.1) is 11.0 Å². The summed E-state index contributed by atoms with van der Waals surface area (Å²) in [6, 6.07) is 9.88. The Morgan fingerprint density at radius 3 is 2.54 bits per heavy atom. The van der Waals surface area contributed by atoms with E-state index >= 15 is 0 Å². The lowest BCUT2D eigenvalue weighted by atomic mass is 10.1. The number of anilines is 3. The van der Waals surface area contributed by atoms with Crippen molar-refractivity contribution in [3.63, 3.8) is 0 Å². The number of hydrogen-bond donors (Lipinski definition) is 5. The van der Waals surface area contributed by atoms with Gasteiger partial charge in [-0.25, -0.2) is 14.4 Å². The minimum Gasteiger partial charge on any atom is -0.465 e.